The first-order valence-corrected chi connectivity index (χ1v) is 11.9. The van der Waals surface area contributed by atoms with Gasteiger partial charge in [-0.25, -0.2) is 14.4 Å². The van der Waals surface area contributed by atoms with Crippen molar-refractivity contribution in [2.45, 2.75) is 44.6 Å². The Kier molecular flexibility index (Phi) is 5.84. The van der Waals surface area contributed by atoms with Crippen molar-refractivity contribution in [1.82, 2.24) is 20.2 Å². The minimum atomic E-state index is -0.270. The summed E-state index contributed by atoms with van der Waals surface area (Å²) in [5.74, 6) is 2.06. The highest BCUT2D eigenvalue weighted by Gasteiger charge is 2.42. The fourth-order valence-corrected chi connectivity index (χ4v) is 5.57. The summed E-state index contributed by atoms with van der Waals surface area (Å²) in [4.78, 5) is 27.0. The van der Waals surface area contributed by atoms with Gasteiger partial charge in [0, 0.05) is 42.9 Å². The van der Waals surface area contributed by atoms with Gasteiger partial charge >= 0.3 is 0 Å². The van der Waals surface area contributed by atoms with Gasteiger partial charge in [-0.2, -0.15) is 0 Å². The van der Waals surface area contributed by atoms with E-state index in [4.69, 9.17) is 4.98 Å². The maximum atomic E-state index is 13.2. The fourth-order valence-electron chi connectivity index (χ4n) is 5.57. The van der Waals surface area contributed by atoms with Gasteiger partial charge in [0.05, 0.1) is 0 Å². The molecule has 32 heavy (non-hydrogen) atoms. The van der Waals surface area contributed by atoms with Crippen LogP contribution in [0, 0.1) is 17.7 Å². The SMILES string of the molecule is CC1(NC(=O)C2CCN(c3ccnc(-c4ccc(F)cc4)n3)CC2)CCN2CCC1CC2. The van der Waals surface area contributed by atoms with Gasteiger partial charge in [-0.05, 0) is 88.4 Å². The lowest BCUT2D eigenvalue weighted by atomic mass is 9.78. The fraction of sp³-hybridized carbons (Fsp3) is 0.560. The average molecular weight is 438 g/mol. The van der Waals surface area contributed by atoms with E-state index in [-0.39, 0.29) is 23.2 Å². The second-order valence-corrected chi connectivity index (χ2v) is 9.78. The maximum Gasteiger partial charge on any atom is 0.223 e. The molecule has 7 heteroatoms. The van der Waals surface area contributed by atoms with E-state index < -0.39 is 0 Å². The molecule has 0 spiro atoms. The van der Waals surface area contributed by atoms with Gasteiger partial charge in [0.1, 0.15) is 11.6 Å². The molecule has 4 fully saturated rings. The molecule has 0 radical (unpaired) electrons. The molecule has 1 unspecified atom stereocenters. The number of nitrogens with zero attached hydrogens (tertiary/aromatic N) is 4. The standard InChI is InChI=1S/C25H32FN5O/c1-25(11-17-30-13-9-20(25)10-14-30)29-24(32)19-7-15-31(16-8-19)22-6-12-27-23(28-22)18-2-4-21(26)5-3-18/h2-6,12,19-20H,7-11,13-17H2,1H3,(H,29,32). The summed E-state index contributed by atoms with van der Waals surface area (Å²) in [6.07, 6.45) is 6.84. The summed E-state index contributed by atoms with van der Waals surface area (Å²) in [5, 5.41) is 3.48. The van der Waals surface area contributed by atoms with Gasteiger partial charge in [0.2, 0.25) is 5.91 Å². The summed E-state index contributed by atoms with van der Waals surface area (Å²) in [6.45, 7) is 7.30. The van der Waals surface area contributed by atoms with Crippen LogP contribution in [0.25, 0.3) is 11.4 Å². The van der Waals surface area contributed by atoms with Crippen LogP contribution < -0.4 is 10.2 Å². The zero-order valence-electron chi connectivity index (χ0n) is 18.8. The number of nitrogens with one attached hydrogen (secondary N) is 1. The van der Waals surface area contributed by atoms with Crippen molar-refractivity contribution in [3.05, 3.63) is 42.3 Å². The van der Waals surface area contributed by atoms with Crippen LogP contribution >= 0.6 is 0 Å². The van der Waals surface area contributed by atoms with Crippen molar-refractivity contribution in [2.75, 3.05) is 37.6 Å². The van der Waals surface area contributed by atoms with Crippen LogP contribution in [-0.4, -0.2) is 59.0 Å². The first kappa shape index (κ1) is 21.3. The first-order chi connectivity index (χ1) is 15.5. The molecular weight excluding hydrogens is 405 g/mol. The van der Waals surface area contributed by atoms with Crippen molar-refractivity contribution in [2.24, 2.45) is 11.8 Å². The number of fused-ring (bicyclic) bond motifs is 4. The molecule has 1 amide bonds. The predicted octanol–water partition coefficient (Wildman–Crippen LogP) is 3.49. The number of anilines is 1. The predicted molar refractivity (Wildman–Crippen MR) is 123 cm³/mol. The summed E-state index contributed by atoms with van der Waals surface area (Å²) in [5.41, 5.74) is 0.723. The smallest absolute Gasteiger partial charge is 0.223 e. The number of piperidine rings is 2. The number of halogens is 1. The lowest BCUT2D eigenvalue weighted by molar-refractivity contribution is -0.128. The molecule has 0 saturated carbocycles. The second-order valence-electron chi connectivity index (χ2n) is 9.78. The van der Waals surface area contributed by atoms with Gasteiger partial charge in [-0.3, -0.25) is 4.79 Å². The van der Waals surface area contributed by atoms with Gasteiger partial charge in [0.15, 0.2) is 5.82 Å². The van der Waals surface area contributed by atoms with E-state index in [2.05, 4.69) is 27.0 Å². The Labute approximate surface area is 189 Å². The van der Waals surface area contributed by atoms with Gasteiger partial charge in [-0.1, -0.05) is 0 Å². The van der Waals surface area contributed by atoms with Crippen LogP contribution in [0.4, 0.5) is 10.2 Å². The van der Waals surface area contributed by atoms with Crippen molar-refractivity contribution < 1.29 is 9.18 Å². The lowest BCUT2D eigenvalue weighted by Crippen LogP contribution is -2.54. The van der Waals surface area contributed by atoms with Crippen LogP contribution in [-0.2, 0) is 4.79 Å². The second kappa shape index (κ2) is 8.77. The molecule has 170 valence electrons. The quantitative estimate of drug-likeness (QED) is 0.794. The van der Waals surface area contributed by atoms with Crippen LogP contribution in [0.3, 0.4) is 0 Å². The van der Waals surface area contributed by atoms with E-state index in [1.54, 1.807) is 18.3 Å². The third kappa shape index (κ3) is 4.35. The summed E-state index contributed by atoms with van der Waals surface area (Å²) < 4.78 is 13.2. The summed E-state index contributed by atoms with van der Waals surface area (Å²) in [7, 11) is 0. The topological polar surface area (TPSA) is 61.4 Å². The highest BCUT2D eigenvalue weighted by molar-refractivity contribution is 5.79. The van der Waals surface area contributed by atoms with Crippen molar-refractivity contribution in [3.63, 3.8) is 0 Å². The summed E-state index contributed by atoms with van der Waals surface area (Å²) in [6, 6.07) is 8.15. The molecule has 2 aromatic rings. The molecule has 4 aliphatic heterocycles. The number of carbonyl (C=O) groups excluding carboxylic acids is 1. The van der Waals surface area contributed by atoms with Gasteiger partial charge < -0.3 is 15.1 Å². The monoisotopic (exact) mass is 437 g/mol. The number of amides is 1. The molecule has 1 atom stereocenters. The molecule has 4 saturated heterocycles. The molecule has 5 heterocycles. The minimum Gasteiger partial charge on any atom is -0.356 e. The van der Waals surface area contributed by atoms with E-state index in [0.29, 0.717) is 11.7 Å². The van der Waals surface area contributed by atoms with E-state index in [1.807, 2.05) is 6.07 Å². The Morgan fingerprint density at radius 3 is 2.47 bits per heavy atom. The molecule has 2 bridgehead atoms. The zero-order chi connectivity index (χ0) is 22.1. The molecule has 6 rings (SSSR count). The maximum absolute atomic E-state index is 13.2. The average Bonchev–Trinajstić information content (AvgIpc) is 3.08. The molecule has 0 aliphatic carbocycles. The summed E-state index contributed by atoms with van der Waals surface area (Å²) >= 11 is 0. The lowest BCUT2D eigenvalue weighted by Gasteiger charge is -2.40. The number of benzene rings is 1. The van der Waals surface area contributed by atoms with E-state index in [0.717, 1.165) is 50.3 Å². The van der Waals surface area contributed by atoms with E-state index in [1.165, 1.54) is 38.1 Å². The Morgan fingerprint density at radius 1 is 1.03 bits per heavy atom. The largest absolute Gasteiger partial charge is 0.356 e. The first-order valence-electron chi connectivity index (χ1n) is 11.9. The highest BCUT2D eigenvalue weighted by Crippen LogP contribution is 2.35. The third-order valence-corrected chi connectivity index (χ3v) is 7.78. The van der Waals surface area contributed by atoms with E-state index in [9.17, 15) is 9.18 Å². The van der Waals surface area contributed by atoms with Crippen molar-refractivity contribution >= 4 is 11.7 Å². The number of hydrogen-bond donors (Lipinski definition) is 1. The van der Waals surface area contributed by atoms with Gasteiger partial charge in [-0.15, -0.1) is 0 Å². The molecule has 4 aliphatic rings. The van der Waals surface area contributed by atoms with E-state index >= 15 is 0 Å². The number of hydrogen-bond acceptors (Lipinski definition) is 5. The van der Waals surface area contributed by atoms with Crippen LogP contribution in [0.2, 0.25) is 0 Å². The third-order valence-electron chi connectivity index (χ3n) is 7.78. The Balaban J connectivity index is 1.20. The van der Waals surface area contributed by atoms with Gasteiger partial charge in [0.25, 0.3) is 0 Å². The Hall–Kier alpha value is -2.54. The molecular formula is C25H32FN5O. The molecule has 1 N–H and O–H groups in total. The molecule has 1 aromatic heterocycles. The Morgan fingerprint density at radius 2 is 1.75 bits per heavy atom. The number of carbonyl (C=O) groups is 1. The molecule has 1 aromatic carbocycles. The van der Waals surface area contributed by atoms with Crippen LogP contribution in [0.5, 0.6) is 0 Å². The number of aromatic nitrogens is 2. The zero-order valence-corrected chi connectivity index (χ0v) is 18.8. The Bertz CT molecular complexity index is 951. The highest BCUT2D eigenvalue weighted by atomic mass is 19.1. The van der Waals surface area contributed by atoms with Crippen molar-refractivity contribution in [1.29, 1.82) is 0 Å². The van der Waals surface area contributed by atoms with Crippen LogP contribution in [0.15, 0.2) is 36.5 Å². The normalized spacial score (nSPS) is 28.4. The number of rotatable bonds is 4. The van der Waals surface area contributed by atoms with Crippen molar-refractivity contribution in [3.8, 4) is 11.4 Å². The van der Waals surface area contributed by atoms with Crippen LogP contribution in [0.1, 0.15) is 39.0 Å². The minimum absolute atomic E-state index is 0.0576. The molecule has 6 nitrogen and oxygen atoms in total.